The van der Waals surface area contributed by atoms with Gasteiger partial charge in [-0.15, -0.1) is 0 Å². The summed E-state index contributed by atoms with van der Waals surface area (Å²) in [6, 6.07) is 2.13. The summed E-state index contributed by atoms with van der Waals surface area (Å²) >= 11 is 0. The molecule has 1 aromatic heterocycles. The third-order valence-electron chi connectivity index (χ3n) is 3.83. The van der Waals surface area contributed by atoms with Crippen LogP contribution in [0.1, 0.15) is 36.6 Å². The van der Waals surface area contributed by atoms with Crippen LogP contribution >= 0.6 is 0 Å². The minimum Gasteiger partial charge on any atom is -0.476 e. The van der Waals surface area contributed by atoms with Crippen LogP contribution in [-0.2, 0) is 6.54 Å². The predicted octanol–water partition coefficient (Wildman–Crippen LogP) is 2.28. The second-order valence-corrected chi connectivity index (χ2v) is 5.54. The normalized spacial score (nSPS) is 15.8. The Hall–Kier alpha value is -1.13. The van der Waals surface area contributed by atoms with E-state index in [1.165, 1.54) is 37.1 Å². The number of nitrogens with one attached hydrogen (secondary N) is 1. The molecule has 1 fully saturated rings. The number of aromatic nitrogens is 1. The van der Waals surface area contributed by atoms with Crippen LogP contribution in [-0.4, -0.2) is 42.7 Å². The van der Waals surface area contributed by atoms with Crippen LogP contribution in [0.3, 0.4) is 0 Å². The molecule has 1 saturated heterocycles. The zero-order valence-corrected chi connectivity index (χ0v) is 13.0. The first-order valence-corrected chi connectivity index (χ1v) is 7.73. The van der Waals surface area contributed by atoms with Gasteiger partial charge >= 0.3 is 0 Å². The average Bonchev–Trinajstić information content (AvgIpc) is 2.91. The highest BCUT2D eigenvalue weighted by atomic mass is 16.5. The molecule has 0 atom stereocenters. The third-order valence-corrected chi connectivity index (χ3v) is 3.83. The van der Waals surface area contributed by atoms with Crippen LogP contribution in [0.25, 0.3) is 0 Å². The molecular formula is C16H27N3O. The molecule has 0 aromatic carbocycles. The van der Waals surface area contributed by atoms with Crippen LogP contribution < -0.4 is 10.1 Å². The van der Waals surface area contributed by atoms with Gasteiger partial charge in [-0.2, -0.15) is 0 Å². The number of ether oxygens (including phenoxy) is 1. The maximum Gasteiger partial charge on any atom is 0.218 e. The van der Waals surface area contributed by atoms with Gasteiger partial charge in [-0.05, 0) is 58.0 Å². The van der Waals surface area contributed by atoms with E-state index < -0.39 is 0 Å². The Balaban J connectivity index is 1.96. The van der Waals surface area contributed by atoms with E-state index in [2.05, 4.69) is 35.1 Å². The zero-order chi connectivity index (χ0) is 14.4. The Kier molecular flexibility index (Phi) is 5.80. The summed E-state index contributed by atoms with van der Waals surface area (Å²) in [7, 11) is 0. The summed E-state index contributed by atoms with van der Waals surface area (Å²) in [5, 5.41) is 3.37. The van der Waals surface area contributed by atoms with Gasteiger partial charge in [0.2, 0.25) is 5.88 Å². The first-order chi connectivity index (χ1) is 9.70. The summed E-state index contributed by atoms with van der Waals surface area (Å²) < 4.78 is 5.97. The highest BCUT2D eigenvalue weighted by Crippen LogP contribution is 2.21. The van der Waals surface area contributed by atoms with Gasteiger partial charge in [-0.1, -0.05) is 6.92 Å². The predicted molar refractivity (Wildman–Crippen MR) is 82.3 cm³/mol. The largest absolute Gasteiger partial charge is 0.476 e. The first-order valence-electron chi connectivity index (χ1n) is 7.73. The molecule has 1 aliphatic heterocycles. The molecule has 0 radical (unpaired) electrons. The topological polar surface area (TPSA) is 37.4 Å². The van der Waals surface area contributed by atoms with E-state index in [1.54, 1.807) is 0 Å². The lowest BCUT2D eigenvalue weighted by Crippen LogP contribution is -2.25. The monoisotopic (exact) mass is 277 g/mol. The molecule has 0 amide bonds. The summed E-state index contributed by atoms with van der Waals surface area (Å²) in [6.45, 7) is 12.2. The van der Waals surface area contributed by atoms with E-state index in [9.17, 15) is 0 Å². The van der Waals surface area contributed by atoms with Crippen molar-refractivity contribution in [1.82, 2.24) is 15.2 Å². The lowest BCUT2D eigenvalue weighted by atomic mass is 10.1. The van der Waals surface area contributed by atoms with Crippen LogP contribution in [0.15, 0.2) is 6.07 Å². The maximum atomic E-state index is 5.97. The van der Waals surface area contributed by atoms with Crippen molar-refractivity contribution in [1.29, 1.82) is 0 Å². The Morgan fingerprint density at radius 2 is 2.05 bits per heavy atom. The zero-order valence-electron chi connectivity index (χ0n) is 13.0. The molecule has 0 saturated carbocycles. The van der Waals surface area contributed by atoms with E-state index in [-0.39, 0.29) is 0 Å². The van der Waals surface area contributed by atoms with Crippen LogP contribution in [0.5, 0.6) is 5.88 Å². The van der Waals surface area contributed by atoms with Crippen molar-refractivity contribution in [3.63, 3.8) is 0 Å². The molecule has 4 nitrogen and oxygen atoms in total. The van der Waals surface area contributed by atoms with Crippen molar-refractivity contribution in [2.24, 2.45) is 0 Å². The van der Waals surface area contributed by atoms with E-state index in [4.69, 9.17) is 4.74 Å². The van der Waals surface area contributed by atoms with Crippen molar-refractivity contribution in [2.75, 3.05) is 32.8 Å². The molecule has 0 unspecified atom stereocenters. The number of hydrogen-bond donors (Lipinski definition) is 1. The molecule has 1 aliphatic rings. The lowest BCUT2D eigenvalue weighted by Gasteiger charge is -2.17. The molecule has 0 spiro atoms. The van der Waals surface area contributed by atoms with Gasteiger partial charge in [-0.25, -0.2) is 4.98 Å². The molecule has 4 heteroatoms. The van der Waals surface area contributed by atoms with Crippen molar-refractivity contribution in [3.05, 3.63) is 22.9 Å². The van der Waals surface area contributed by atoms with Gasteiger partial charge in [0, 0.05) is 24.3 Å². The number of hydrogen-bond acceptors (Lipinski definition) is 4. The highest BCUT2D eigenvalue weighted by molar-refractivity contribution is 5.35. The molecule has 0 bridgehead atoms. The Bertz CT molecular complexity index is 428. The molecule has 0 aliphatic carbocycles. The summed E-state index contributed by atoms with van der Waals surface area (Å²) in [4.78, 5) is 7.04. The Morgan fingerprint density at radius 1 is 1.30 bits per heavy atom. The number of aryl methyl sites for hydroxylation is 2. The fourth-order valence-electron chi connectivity index (χ4n) is 2.69. The van der Waals surface area contributed by atoms with E-state index in [0.717, 1.165) is 37.8 Å². The number of nitrogens with zero attached hydrogens (tertiary/aromatic N) is 2. The quantitative estimate of drug-likeness (QED) is 0.830. The molecule has 112 valence electrons. The molecule has 2 heterocycles. The smallest absolute Gasteiger partial charge is 0.218 e. The minimum absolute atomic E-state index is 0.731. The van der Waals surface area contributed by atoms with Crippen molar-refractivity contribution < 1.29 is 4.74 Å². The lowest BCUT2D eigenvalue weighted by molar-refractivity contribution is 0.229. The molecular weight excluding hydrogens is 250 g/mol. The van der Waals surface area contributed by atoms with E-state index in [1.807, 2.05) is 6.92 Å². The average molecular weight is 277 g/mol. The van der Waals surface area contributed by atoms with Crippen molar-refractivity contribution in [3.8, 4) is 5.88 Å². The van der Waals surface area contributed by atoms with Crippen LogP contribution in [0, 0.1) is 13.8 Å². The maximum absolute atomic E-state index is 5.97. The van der Waals surface area contributed by atoms with Gasteiger partial charge in [0.1, 0.15) is 6.61 Å². The summed E-state index contributed by atoms with van der Waals surface area (Å²) in [5.74, 6) is 0.808. The van der Waals surface area contributed by atoms with Gasteiger partial charge in [0.05, 0.1) is 0 Å². The van der Waals surface area contributed by atoms with Crippen molar-refractivity contribution >= 4 is 0 Å². The molecule has 1 N–H and O–H groups in total. The third kappa shape index (κ3) is 4.18. The fraction of sp³-hybridized carbons (Fsp3) is 0.688. The van der Waals surface area contributed by atoms with E-state index in [0.29, 0.717) is 0 Å². The van der Waals surface area contributed by atoms with Crippen molar-refractivity contribution in [2.45, 2.75) is 40.2 Å². The summed E-state index contributed by atoms with van der Waals surface area (Å²) in [6.07, 6.45) is 2.65. The highest BCUT2D eigenvalue weighted by Gasteiger charge is 2.13. The van der Waals surface area contributed by atoms with Crippen LogP contribution in [0.4, 0.5) is 0 Å². The Morgan fingerprint density at radius 3 is 2.75 bits per heavy atom. The minimum atomic E-state index is 0.731. The van der Waals surface area contributed by atoms with Gasteiger partial charge in [-0.3, -0.25) is 4.90 Å². The summed E-state index contributed by atoms with van der Waals surface area (Å²) in [5.41, 5.74) is 3.48. The number of pyridine rings is 1. The Labute approximate surface area is 122 Å². The van der Waals surface area contributed by atoms with Crippen LogP contribution in [0.2, 0.25) is 0 Å². The number of likely N-dealkylation sites (tertiary alicyclic amines) is 1. The van der Waals surface area contributed by atoms with Gasteiger partial charge in [0.25, 0.3) is 0 Å². The first kappa shape index (κ1) is 15.3. The second kappa shape index (κ2) is 7.60. The standard InChI is InChI=1S/C16H27N3O/c1-4-17-12-15-13(2)11-14(3)18-16(15)20-10-9-19-7-5-6-8-19/h11,17H,4-10,12H2,1-3H3. The SMILES string of the molecule is CCNCc1c(C)cc(C)nc1OCCN1CCCC1. The molecule has 1 aromatic rings. The van der Waals surface area contributed by atoms with Gasteiger partial charge in [0.15, 0.2) is 0 Å². The second-order valence-electron chi connectivity index (χ2n) is 5.54. The molecule has 20 heavy (non-hydrogen) atoms. The van der Waals surface area contributed by atoms with E-state index >= 15 is 0 Å². The number of rotatable bonds is 7. The fourth-order valence-corrected chi connectivity index (χ4v) is 2.69. The molecule has 2 rings (SSSR count). The van der Waals surface area contributed by atoms with Gasteiger partial charge < -0.3 is 10.1 Å².